The summed E-state index contributed by atoms with van der Waals surface area (Å²) in [5.41, 5.74) is 8.66. The first kappa shape index (κ1) is 30.3. The fourth-order valence-electron chi connectivity index (χ4n) is 3.52. The van der Waals surface area contributed by atoms with Crippen LogP contribution in [0, 0.1) is 6.92 Å². The fourth-order valence-corrected chi connectivity index (χ4v) is 4.10. The number of hydrogen-bond donors (Lipinski definition) is 4. The molecule has 1 atom stereocenters. The van der Waals surface area contributed by atoms with Crippen molar-refractivity contribution in [3.63, 3.8) is 0 Å². The van der Waals surface area contributed by atoms with Crippen LogP contribution < -0.4 is 21.1 Å². The van der Waals surface area contributed by atoms with Gasteiger partial charge in [0.05, 0.1) is 23.7 Å². The first-order valence-electron chi connectivity index (χ1n) is 12.2. The molecule has 0 aliphatic carbocycles. The van der Waals surface area contributed by atoms with Crippen LogP contribution in [0.15, 0.2) is 94.0 Å². The van der Waals surface area contributed by atoms with Crippen molar-refractivity contribution in [1.82, 2.24) is 10.3 Å². The van der Waals surface area contributed by atoms with Gasteiger partial charge in [0.25, 0.3) is 16.1 Å². The quantitative estimate of drug-likeness (QED) is 0.201. The Balaban J connectivity index is 0.000000336. The lowest BCUT2D eigenvalue weighted by Crippen LogP contribution is -2.24. The summed E-state index contributed by atoms with van der Waals surface area (Å²) in [5.74, 6) is 0.410. The maximum Gasteiger partial charge on any atom is 0.296 e. The highest BCUT2D eigenvalue weighted by molar-refractivity contribution is 7.85. The molecule has 212 valence electrons. The lowest BCUT2D eigenvalue weighted by atomic mass is 10.0. The Kier molecular flexibility index (Phi) is 10.8. The smallest absolute Gasteiger partial charge is 0.296 e. The highest BCUT2D eigenvalue weighted by atomic mass is 32.2. The van der Waals surface area contributed by atoms with Gasteiger partial charge in [0, 0.05) is 25.2 Å². The van der Waals surface area contributed by atoms with E-state index in [9.17, 15) is 17.6 Å². The molecular formula is C28H31FN4O6S. The summed E-state index contributed by atoms with van der Waals surface area (Å²) in [5, 5.41) is 5.81. The highest BCUT2D eigenvalue weighted by Crippen LogP contribution is 2.28. The van der Waals surface area contributed by atoms with Gasteiger partial charge in [-0.2, -0.15) is 13.4 Å². The SMILES string of the molecule is CNC(=O)C[C@@H](Nc1nc2ccc(OC/C(=C\F)CN)cc2o1)c1ccccc1.Cc1cccc(S(=O)(=O)O)c1. The Labute approximate surface area is 231 Å². The number of halogens is 1. The zero-order valence-corrected chi connectivity index (χ0v) is 22.8. The second kappa shape index (κ2) is 14.2. The molecule has 10 nitrogen and oxygen atoms in total. The minimum absolute atomic E-state index is 0.0555. The molecule has 0 saturated carbocycles. The molecule has 0 saturated heterocycles. The van der Waals surface area contributed by atoms with Crippen LogP contribution >= 0.6 is 0 Å². The molecule has 5 N–H and O–H groups in total. The Morgan fingerprint density at radius 3 is 2.50 bits per heavy atom. The number of nitrogens with one attached hydrogen (secondary N) is 2. The summed E-state index contributed by atoms with van der Waals surface area (Å²) in [6.45, 7) is 1.90. The fraction of sp³-hybridized carbons (Fsp3) is 0.214. The van der Waals surface area contributed by atoms with Crippen molar-refractivity contribution < 1.29 is 31.3 Å². The van der Waals surface area contributed by atoms with Crippen molar-refractivity contribution in [2.45, 2.75) is 24.3 Å². The van der Waals surface area contributed by atoms with Gasteiger partial charge in [-0.25, -0.2) is 4.39 Å². The first-order valence-corrected chi connectivity index (χ1v) is 13.6. The van der Waals surface area contributed by atoms with Crippen molar-refractivity contribution >= 4 is 33.1 Å². The van der Waals surface area contributed by atoms with Gasteiger partial charge < -0.3 is 25.5 Å². The van der Waals surface area contributed by atoms with E-state index >= 15 is 0 Å². The molecule has 12 heteroatoms. The number of oxazole rings is 1. The van der Waals surface area contributed by atoms with Crippen LogP contribution in [0.1, 0.15) is 23.6 Å². The molecule has 3 aromatic carbocycles. The van der Waals surface area contributed by atoms with Crippen LogP contribution in [0.25, 0.3) is 11.1 Å². The van der Waals surface area contributed by atoms with E-state index in [1.54, 1.807) is 44.3 Å². The van der Waals surface area contributed by atoms with Crippen LogP contribution in [0.4, 0.5) is 10.4 Å². The van der Waals surface area contributed by atoms with Gasteiger partial charge in [0.15, 0.2) is 5.58 Å². The summed E-state index contributed by atoms with van der Waals surface area (Å²) < 4.78 is 53.6. The third kappa shape index (κ3) is 8.90. The molecule has 4 aromatic rings. The third-order valence-electron chi connectivity index (χ3n) is 5.66. The normalized spacial score (nSPS) is 12.3. The number of ether oxygens (including phenoxy) is 1. The highest BCUT2D eigenvalue weighted by Gasteiger charge is 2.18. The first-order chi connectivity index (χ1) is 19.1. The van der Waals surface area contributed by atoms with Crippen molar-refractivity contribution in [3.8, 4) is 5.75 Å². The molecule has 0 radical (unpaired) electrons. The predicted octanol–water partition coefficient (Wildman–Crippen LogP) is 4.55. The van der Waals surface area contributed by atoms with Crippen LogP contribution in [0.5, 0.6) is 5.75 Å². The zero-order valence-electron chi connectivity index (χ0n) is 22.0. The van der Waals surface area contributed by atoms with Gasteiger partial charge in [0.2, 0.25) is 5.91 Å². The number of fused-ring (bicyclic) bond motifs is 1. The van der Waals surface area contributed by atoms with Gasteiger partial charge in [-0.1, -0.05) is 42.5 Å². The number of carbonyl (C=O) groups is 1. The zero-order chi connectivity index (χ0) is 29.1. The van der Waals surface area contributed by atoms with E-state index in [2.05, 4.69) is 15.6 Å². The number of carbonyl (C=O) groups excluding carboxylic acids is 1. The summed E-state index contributed by atoms with van der Waals surface area (Å²) in [7, 11) is -2.43. The van der Waals surface area contributed by atoms with Gasteiger partial charge >= 0.3 is 0 Å². The number of amides is 1. The molecular weight excluding hydrogens is 539 g/mol. The molecule has 40 heavy (non-hydrogen) atoms. The Bertz CT molecular complexity index is 1560. The number of aromatic nitrogens is 1. The van der Waals surface area contributed by atoms with E-state index in [-0.39, 0.29) is 36.4 Å². The molecule has 0 fully saturated rings. The van der Waals surface area contributed by atoms with E-state index in [0.717, 1.165) is 11.1 Å². The third-order valence-corrected chi connectivity index (χ3v) is 6.51. The van der Waals surface area contributed by atoms with Crippen molar-refractivity contribution in [1.29, 1.82) is 0 Å². The lowest BCUT2D eigenvalue weighted by Gasteiger charge is -2.17. The number of rotatable bonds is 10. The Hall–Kier alpha value is -4.26. The molecule has 0 unspecified atom stereocenters. The van der Waals surface area contributed by atoms with Crippen LogP contribution in [-0.4, -0.2) is 44.1 Å². The van der Waals surface area contributed by atoms with Crippen molar-refractivity contribution in [3.05, 3.63) is 95.8 Å². The van der Waals surface area contributed by atoms with E-state index in [1.807, 2.05) is 30.3 Å². The number of aryl methyl sites for hydroxylation is 1. The summed E-state index contributed by atoms with van der Waals surface area (Å²) in [4.78, 5) is 16.3. The Morgan fingerprint density at radius 2 is 1.90 bits per heavy atom. The van der Waals surface area contributed by atoms with E-state index in [0.29, 0.717) is 34.8 Å². The minimum Gasteiger partial charge on any atom is -0.489 e. The molecule has 1 aromatic heterocycles. The standard InChI is InChI=1S/C21H23FN4O3.C7H8O3S/c1-24-20(27)10-18(15-5-3-2-4-6-15)26-21-25-17-8-7-16(9-19(17)29-21)28-13-14(11-22)12-23;1-6-3-2-4-7(5-6)11(8,9)10/h2-9,11,18H,10,12-13,23H2,1H3,(H,24,27)(H,25,26);2-5H,1H3,(H,8,9,10)/b14-11-;/t18-;/m1./s1. The topological polar surface area (TPSA) is 157 Å². The Morgan fingerprint density at radius 1 is 1.15 bits per heavy atom. The van der Waals surface area contributed by atoms with Crippen LogP contribution in [-0.2, 0) is 14.9 Å². The van der Waals surface area contributed by atoms with Gasteiger partial charge in [-0.3, -0.25) is 9.35 Å². The van der Waals surface area contributed by atoms with Crippen molar-refractivity contribution in [2.24, 2.45) is 5.73 Å². The van der Waals surface area contributed by atoms with Crippen molar-refractivity contribution in [2.75, 3.05) is 25.5 Å². The largest absolute Gasteiger partial charge is 0.489 e. The second-order valence-corrected chi connectivity index (χ2v) is 10.1. The average Bonchev–Trinajstić information content (AvgIpc) is 3.35. The van der Waals surface area contributed by atoms with Gasteiger partial charge in [0.1, 0.15) is 17.9 Å². The second-order valence-electron chi connectivity index (χ2n) is 8.69. The molecule has 1 amide bonds. The molecule has 0 aliphatic rings. The summed E-state index contributed by atoms with van der Waals surface area (Å²) >= 11 is 0. The maximum absolute atomic E-state index is 12.6. The predicted molar refractivity (Wildman–Crippen MR) is 150 cm³/mol. The number of benzene rings is 3. The number of hydrogen-bond acceptors (Lipinski definition) is 8. The van der Waals surface area contributed by atoms with Gasteiger partial charge in [-0.15, -0.1) is 0 Å². The molecule has 1 heterocycles. The molecule has 0 bridgehead atoms. The van der Waals surface area contributed by atoms with E-state index < -0.39 is 10.1 Å². The average molecular weight is 571 g/mol. The summed E-state index contributed by atoms with van der Waals surface area (Å²) in [6.07, 6.45) is 0.677. The maximum atomic E-state index is 12.6. The van der Waals surface area contributed by atoms with E-state index in [4.69, 9.17) is 19.4 Å². The number of anilines is 1. The van der Waals surface area contributed by atoms with Crippen LogP contribution in [0.3, 0.4) is 0 Å². The van der Waals surface area contributed by atoms with E-state index in [1.165, 1.54) is 12.1 Å². The lowest BCUT2D eigenvalue weighted by molar-refractivity contribution is -0.120. The molecule has 0 aliphatic heterocycles. The monoisotopic (exact) mass is 570 g/mol. The van der Waals surface area contributed by atoms with Crippen LogP contribution in [0.2, 0.25) is 0 Å². The number of nitrogens with zero attached hydrogens (tertiary/aromatic N) is 1. The molecule has 4 rings (SSSR count). The number of nitrogens with two attached hydrogens (primary N) is 1. The summed E-state index contributed by atoms with van der Waals surface area (Å²) in [6, 6.07) is 20.8. The minimum atomic E-state index is -4.03. The van der Waals surface area contributed by atoms with Gasteiger partial charge in [-0.05, 0) is 42.3 Å². The molecule has 0 spiro atoms.